The molecule has 4 nitrogen and oxygen atoms in total. The molecule has 1 unspecified atom stereocenters. The van der Waals surface area contributed by atoms with Crippen molar-refractivity contribution in [3.8, 4) is 0 Å². The van der Waals surface area contributed by atoms with E-state index in [-0.39, 0.29) is 23.6 Å². The van der Waals surface area contributed by atoms with Crippen LogP contribution in [-0.2, 0) is 14.3 Å². The van der Waals surface area contributed by atoms with E-state index in [1.165, 1.54) is 9.75 Å². The lowest BCUT2D eigenvalue weighted by Crippen LogP contribution is -2.37. The zero-order valence-electron chi connectivity index (χ0n) is 16.2. The van der Waals surface area contributed by atoms with Gasteiger partial charge in [0.1, 0.15) is 5.92 Å². The van der Waals surface area contributed by atoms with Gasteiger partial charge in [0.05, 0.1) is 6.61 Å². The normalized spacial score (nSPS) is 24.8. The van der Waals surface area contributed by atoms with Crippen LogP contribution in [0.4, 0.5) is 0 Å². The minimum absolute atomic E-state index is 0.112. The van der Waals surface area contributed by atoms with Crippen molar-refractivity contribution < 1.29 is 14.3 Å². The Morgan fingerprint density at radius 1 is 1.21 bits per heavy atom. The molecule has 2 aromatic heterocycles. The number of rotatable bonds is 4. The first-order valence-electron chi connectivity index (χ1n) is 9.57. The van der Waals surface area contributed by atoms with Crippen molar-refractivity contribution in [2.24, 2.45) is 10.9 Å². The van der Waals surface area contributed by atoms with Gasteiger partial charge in [0.2, 0.25) is 0 Å². The first-order chi connectivity index (χ1) is 13.5. The summed E-state index contributed by atoms with van der Waals surface area (Å²) in [5, 5.41) is 2.05. The molecule has 0 aromatic carbocycles. The van der Waals surface area contributed by atoms with Gasteiger partial charge in [-0.15, -0.1) is 22.7 Å². The molecule has 2 aliphatic rings. The van der Waals surface area contributed by atoms with Crippen molar-refractivity contribution in [1.29, 1.82) is 0 Å². The largest absolute Gasteiger partial charge is 0.465 e. The third kappa shape index (κ3) is 3.40. The number of hydrogen-bond donors (Lipinski definition) is 0. The van der Waals surface area contributed by atoms with Crippen LogP contribution < -0.4 is 0 Å². The number of esters is 1. The first kappa shape index (κ1) is 19.3. The minimum atomic E-state index is -0.529. The van der Waals surface area contributed by atoms with Crippen molar-refractivity contribution in [3.63, 3.8) is 0 Å². The molecule has 6 heteroatoms. The molecule has 1 aliphatic heterocycles. The minimum Gasteiger partial charge on any atom is -0.465 e. The molecular weight excluding hydrogens is 390 g/mol. The van der Waals surface area contributed by atoms with E-state index in [1.54, 1.807) is 29.6 Å². The fraction of sp³-hybridized carbons (Fsp3) is 0.409. The number of nitrogens with zero attached hydrogens (tertiary/aromatic N) is 1. The highest BCUT2D eigenvalue weighted by Gasteiger charge is 2.45. The van der Waals surface area contributed by atoms with Crippen molar-refractivity contribution in [2.45, 2.75) is 45.4 Å². The Morgan fingerprint density at radius 2 is 2.04 bits per heavy atom. The van der Waals surface area contributed by atoms with E-state index in [1.807, 2.05) is 37.4 Å². The summed E-state index contributed by atoms with van der Waals surface area (Å²) in [5.74, 6) is -0.825. The van der Waals surface area contributed by atoms with Gasteiger partial charge in [-0.2, -0.15) is 0 Å². The molecule has 3 atom stereocenters. The summed E-state index contributed by atoms with van der Waals surface area (Å²) in [7, 11) is 0. The molecule has 0 saturated carbocycles. The van der Waals surface area contributed by atoms with Gasteiger partial charge in [-0.3, -0.25) is 14.6 Å². The van der Waals surface area contributed by atoms with Crippen LogP contribution in [0.1, 0.15) is 53.2 Å². The number of ether oxygens (including phenoxy) is 1. The summed E-state index contributed by atoms with van der Waals surface area (Å²) >= 11 is 3.33. The molecule has 28 heavy (non-hydrogen) atoms. The van der Waals surface area contributed by atoms with Gasteiger partial charge in [0.15, 0.2) is 5.78 Å². The molecule has 3 heterocycles. The molecule has 146 valence electrons. The van der Waals surface area contributed by atoms with E-state index < -0.39 is 5.92 Å². The van der Waals surface area contributed by atoms with Crippen molar-refractivity contribution in [2.75, 3.05) is 6.61 Å². The lowest BCUT2D eigenvalue weighted by Gasteiger charge is -2.35. The average Bonchev–Trinajstić information content (AvgIpc) is 3.32. The zero-order chi connectivity index (χ0) is 19.8. The Labute approximate surface area is 173 Å². The molecule has 0 fully saturated rings. The molecule has 0 saturated heterocycles. The van der Waals surface area contributed by atoms with Gasteiger partial charge >= 0.3 is 5.97 Å². The molecule has 0 amide bonds. The average molecular weight is 414 g/mol. The number of carbonyl (C=O) groups excluding carboxylic acids is 2. The van der Waals surface area contributed by atoms with Crippen LogP contribution in [0.25, 0.3) is 0 Å². The van der Waals surface area contributed by atoms with E-state index in [2.05, 4.69) is 6.07 Å². The third-order valence-electron chi connectivity index (χ3n) is 5.44. The lowest BCUT2D eigenvalue weighted by atomic mass is 9.72. The van der Waals surface area contributed by atoms with Gasteiger partial charge in [-0.1, -0.05) is 6.07 Å². The number of allylic oxidation sites excluding steroid dienone is 2. The standard InChI is InChI=1S/C22H23NO3S2/c1-4-26-22(25)19-13(3)23-15-10-14(17-6-5-9-27-17)11-16(24)20(15)21(19)18-8-7-12(2)28-18/h5-9,14,19,21H,4,10-11H2,1-3H3/t14-,19?,21+/m0/s1. The van der Waals surface area contributed by atoms with Crippen LogP contribution in [0.15, 0.2) is 45.9 Å². The van der Waals surface area contributed by atoms with Gasteiger partial charge < -0.3 is 4.74 Å². The maximum absolute atomic E-state index is 13.3. The highest BCUT2D eigenvalue weighted by molar-refractivity contribution is 7.12. The quantitative estimate of drug-likeness (QED) is 0.643. The zero-order valence-corrected chi connectivity index (χ0v) is 17.9. The summed E-state index contributed by atoms with van der Waals surface area (Å²) in [6.07, 6.45) is 1.22. The topological polar surface area (TPSA) is 55.7 Å². The van der Waals surface area contributed by atoms with Crippen LogP contribution >= 0.6 is 22.7 Å². The fourth-order valence-corrected chi connectivity index (χ4v) is 6.11. The number of hydrogen-bond acceptors (Lipinski definition) is 6. The summed E-state index contributed by atoms with van der Waals surface area (Å²) in [5.41, 5.74) is 2.31. The summed E-state index contributed by atoms with van der Waals surface area (Å²) in [6, 6.07) is 8.21. The van der Waals surface area contributed by atoms with E-state index in [4.69, 9.17) is 9.73 Å². The van der Waals surface area contributed by atoms with Gasteiger partial charge in [0, 0.05) is 49.9 Å². The first-order valence-corrected chi connectivity index (χ1v) is 11.3. The maximum Gasteiger partial charge on any atom is 0.315 e. The molecule has 0 spiro atoms. The predicted octanol–water partition coefficient (Wildman–Crippen LogP) is 5.26. The molecule has 2 aromatic rings. The van der Waals surface area contributed by atoms with Crippen molar-refractivity contribution in [1.82, 2.24) is 0 Å². The fourth-order valence-electron chi connectivity index (χ4n) is 4.25. The third-order valence-corrected chi connectivity index (χ3v) is 7.56. The highest BCUT2D eigenvalue weighted by Crippen LogP contribution is 2.48. The molecule has 4 rings (SSSR count). The van der Waals surface area contributed by atoms with E-state index in [0.29, 0.717) is 13.0 Å². The number of thiophene rings is 2. The SMILES string of the molecule is CCOC(=O)C1C(C)=NC2=C(C(=O)C[C@@H](c3cccs3)C2)[C@@H]1c1ccc(C)s1. The second-order valence-corrected chi connectivity index (χ2v) is 9.61. The van der Waals surface area contributed by atoms with Crippen LogP contribution in [0.5, 0.6) is 0 Å². The molecule has 0 radical (unpaired) electrons. The number of Topliss-reactive ketones (excluding diaryl/α,β-unsaturated/α-hetero) is 1. The van der Waals surface area contributed by atoms with E-state index >= 15 is 0 Å². The second kappa shape index (κ2) is 7.76. The molecule has 0 bridgehead atoms. The number of carbonyl (C=O) groups is 2. The van der Waals surface area contributed by atoms with Crippen LogP contribution in [0.2, 0.25) is 0 Å². The number of ketones is 1. The maximum atomic E-state index is 13.3. The summed E-state index contributed by atoms with van der Waals surface area (Å²) in [4.78, 5) is 34.3. The molecule has 1 aliphatic carbocycles. The summed E-state index contributed by atoms with van der Waals surface area (Å²) in [6.45, 7) is 6.05. The van der Waals surface area contributed by atoms with Crippen molar-refractivity contribution >= 4 is 40.1 Å². The number of aryl methyl sites for hydroxylation is 1. The molecule has 0 N–H and O–H groups in total. The second-order valence-electron chi connectivity index (χ2n) is 7.31. The lowest BCUT2D eigenvalue weighted by molar-refractivity contribution is -0.146. The van der Waals surface area contributed by atoms with E-state index in [9.17, 15) is 9.59 Å². The smallest absolute Gasteiger partial charge is 0.315 e. The van der Waals surface area contributed by atoms with E-state index in [0.717, 1.165) is 28.3 Å². The van der Waals surface area contributed by atoms with Crippen LogP contribution in [0, 0.1) is 12.8 Å². The van der Waals surface area contributed by atoms with Crippen LogP contribution in [0.3, 0.4) is 0 Å². The predicted molar refractivity (Wildman–Crippen MR) is 113 cm³/mol. The number of aliphatic imine (C=N–C) groups is 1. The van der Waals surface area contributed by atoms with Gasteiger partial charge in [-0.05, 0) is 50.8 Å². The van der Waals surface area contributed by atoms with Gasteiger partial charge in [-0.25, -0.2) is 0 Å². The summed E-state index contributed by atoms with van der Waals surface area (Å²) < 4.78 is 5.36. The highest BCUT2D eigenvalue weighted by atomic mass is 32.1. The Kier molecular flexibility index (Phi) is 5.34. The van der Waals surface area contributed by atoms with Gasteiger partial charge in [0.25, 0.3) is 0 Å². The Balaban J connectivity index is 1.80. The van der Waals surface area contributed by atoms with Crippen LogP contribution in [-0.4, -0.2) is 24.1 Å². The Bertz CT molecular complexity index is 968. The Morgan fingerprint density at radius 3 is 2.68 bits per heavy atom. The molecular formula is C22H23NO3S2. The van der Waals surface area contributed by atoms with Crippen molar-refractivity contribution in [3.05, 3.63) is 55.5 Å². The Hall–Kier alpha value is -2.05. The monoisotopic (exact) mass is 413 g/mol.